The smallest absolute Gasteiger partial charge is 0.416 e. The van der Waals surface area contributed by atoms with Crippen LogP contribution in [-0.4, -0.2) is 54.4 Å². The van der Waals surface area contributed by atoms with E-state index in [1.54, 1.807) is 49.4 Å². The summed E-state index contributed by atoms with van der Waals surface area (Å²) >= 11 is 12.2. The van der Waals surface area contributed by atoms with Crippen molar-refractivity contribution in [1.29, 1.82) is 0 Å². The molecule has 42 heavy (non-hydrogen) atoms. The van der Waals surface area contributed by atoms with Crippen LogP contribution in [0, 0.1) is 0 Å². The van der Waals surface area contributed by atoms with Crippen molar-refractivity contribution in [3.8, 4) is 5.75 Å². The van der Waals surface area contributed by atoms with E-state index in [1.807, 2.05) is 0 Å². The van der Waals surface area contributed by atoms with Gasteiger partial charge in [-0.1, -0.05) is 41.4 Å². The zero-order chi connectivity index (χ0) is 30.7. The molecule has 3 aromatic rings. The molecule has 3 rings (SSSR count). The summed E-state index contributed by atoms with van der Waals surface area (Å²) in [6.45, 7) is 2.54. The quantitative estimate of drug-likeness (QED) is 0.192. The second kappa shape index (κ2) is 15.7. The number of aliphatic carboxylic acids is 1. The van der Waals surface area contributed by atoms with E-state index in [0.29, 0.717) is 28.6 Å². The molecule has 7 nitrogen and oxygen atoms in total. The van der Waals surface area contributed by atoms with Gasteiger partial charge in [0.25, 0.3) is 0 Å². The van der Waals surface area contributed by atoms with Crippen molar-refractivity contribution in [3.63, 3.8) is 0 Å². The number of anilines is 1. The normalized spacial score (nSPS) is 12.0. The van der Waals surface area contributed by atoms with Gasteiger partial charge in [-0.2, -0.15) is 13.2 Å². The Balaban J connectivity index is 1.63. The average molecular weight is 627 g/mol. The Morgan fingerprint density at radius 1 is 0.976 bits per heavy atom. The number of benzene rings is 3. The van der Waals surface area contributed by atoms with Gasteiger partial charge in [-0.05, 0) is 79.4 Å². The van der Waals surface area contributed by atoms with Crippen LogP contribution in [0.2, 0.25) is 10.0 Å². The Hall–Kier alpha value is -3.47. The summed E-state index contributed by atoms with van der Waals surface area (Å²) in [4.78, 5) is 25.9. The molecule has 0 aromatic heterocycles. The van der Waals surface area contributed by atoms with E-state index in [0.717, 1.165) is 23.3 Å². The van der Waals surface area contributed by atoms with E-state index in [1.165, 1.54) is 17.0 Å². The maximum absolute atomic E-state index is 13.1. The maximum Gasteiger partial charge on any atom is 0.416 e. The van der Waals surface area contributed by atoms with E-state index in [2.05, 4.69) is 5.32 Å². The number of carbonyl (C=O) groups is 2. The minimum Gasteiger partial charge on any atom is -0.492 e. The van der Waals surface area contributed by atoms with Crippen molar-refractivity contribution in [2.24, 2.45) is 0 Å². The van der Waals surface area contributed by atoms with E-state index in [9.17, 15) is 27.9 Å². The fourth-order valence-electron chi connectivity index (χ4n) is 4.15. The lowest BCUT2D eigenvalue weighted by Gasteiger charge is -2.24. The molecule has 0 radical (unpaired) electrons. The van der Waals surface area contributed by atoms with E-state index in [4.69, 9.17) is 32.7 Å². The number of carboxylic acids is 1. The summed E-state index contributed by atoms with van der Waals surface area (Å²) in [6, 6.07) is 15.9. The number of nitrogens with one attached hydrogen (secondary N) is 1. The second-order valence-electron chi connectivity index (χ2n) is 9.36. The molecule has 1 atom stereocenters. The number of nitrogens with zero attached hydrogens (tertiary/aromatic N) is 1. The molecule has 0 aliphatic carbocycles. The van der Waals surface area contributed by atoms with Gasteiger partial charge in [0.05, 0.1) is 12.1 Å². The molecule has 226 valence electrons. The molecule has 0 aliphatic rings. The summed E-state index contributed by atoms with van der Waals surface area (Å²) in [6.07, 6.45) is -4.20. The van der Waals surface area contributed by atoms with E-state index < -0.39 is 29.8 Å². The lowest BCUT2D eigenvalue weighted by atomic mass is 10.1. The first-order valence-electron chi connectivity index (χ1n) is 13.2. The third kappa shape index (κ3) is 10.7. The molecule has 0 heterocycles. The van der Waals surface area contributed by atoms with Gasteiger partial charge in [-0.25, -0.2) is 9.59 Å². The minimum atomic E-state index is -4.54. The van der Waals surface area contributed by atoms with Gasteiger partial charge in [-0.15, -0.1) is 0 Å². The Morgan fingerprint density at radius 3 is 2.29 bits per heavy atom. The fraction of sp³-hybridized carbons (Fsp3) is 0.333. The van der Waals surface area contributed by atoms with Gasteiger partial charge >= 0.3 is 18.2 Å². The molecular formula is C30H31Cl2F3N2O5. The number of alkyl halides is 3. The Kier molecular flexibility index (Phi) is 12.3. The van der Waals surface area contributed by atoms with Gasteiger partial charge in [0.2, 0.25) is 0 Å². The maximum atomic E-state index is 13.1. The Morgan fingerprint density at radius 2 is 1.67 bits per heavy atom. The number of rotatable bonds is 14. The summed E-state index contributed by atoms with van der Waals surface area (Å²) in [5.41, 5.74) is 0.792. The number of ether oxygens (including phenoxy) is 2. The second-order valence-corrected chi connectivity index (χ2v) is 10.2. The lowest BCUT2D eigenvalue weighted by molar-refractivity contribution is -0.150. The van der Waals surface area contributed by atoms with Crippen LogP contribution in [0.5, 0.6) is 5.75 Å². The largest absolute Gasteiger partial charge is 0.492 e. The summed E-state index contributed by atoms with van der Waals surface area (Å²) in [5.74, 6) is -0.534. The van der Waals surface area contributed by atoms with Crippen molar-refractivity contribution in [2.45, 2.75) is 38.5 Å². The highest BCUT2D eigenvalue weighted by atomic mass is 35.5. The van der Waals surface area contributed by atoms with Crippen molar-refractivity contribution in [3.05, 3.63) is 93.5 Å². The summed E-state index contributed by atoms with van der Waals surface area (Å²) in [5, 5.41) is 12.8. The van der Waals surface area contributed by atoms with Gasteiger partial charge in [0.15, 0.2) is 6.10 Å². The first-order valence-corrected chi connectivity index (χ1v) is 13.9. The molecule has 0 saturated heterocycles. The van der Waals surface area contributed by atoms with Crippen molar-refractivity contribution < 1.29 is 37.3 Å². The van der Waals surface area contributed by atoms with Crippen molar-refractivity contribution >= 4 is 40.9 Å². The summed E-state index contributed by atoms with van der Waals surface area (Å²) in [7, 11) is 0. The van der Waals surface area contributed by atoms with Crippen LogP contribution in [-0.2, 0) is 28.5 Å². The average Bonchev–Trinajstić information content (AvgIpc) is 2.92. The third-order valence-electron chi connectivity index (χ3n) is 6.16. The molecule has 12 heteroatoms. The van der Waals surface area contributed by atoms with Gasteiger partial charge in [0, 0.05) is 35.3 Å². The number of carbonyl (C=O) groups excluding carboxylic acids is 1. The molecule has 0 spiro atoms. The molecule has 3 aromatic carbocycles. The predicted molar refractivity (Wildman–Crippen MR) is 156 cm³/mol. The molecule has 2 amide bonds. The van der Waals surface area contributed by atoms with E-state index >= 15 is 0 Å². The topological polar surface area (TPSA) is 88.1 Å². The van der Waals surface area contributed by atoms with E-state index in [-0.39, 0.29) is 38.4 Å². The molecular weight excluding hydrogens is 596 g/mol. The van der Waals surface area contributed by atoms with Gasteiger partial charge in [0.1, 0.15) is 12.4 Å². The Labute approximate surface area is 252 Å². The number of hydrogen-bond donors (Lipinski definition) is 2. The minimum absolute atomic E-state index is 0.0182. The van der Waals surface area contributed by atoms with Crippen LogP contribution < -0.4 is 10.1 Å². The first kappa shape index (κ1) is 33.0. The van der Waals surface area contributed by atoms with Gasteiger partial charge in [-0.3, -0.25) is 0 Å². The summed E-state index contributed by atoms with van der Waals surface area (Å²) < 4.78 is 50.5. The highest BCUT2D eigenvalue weighted by Crippen LogP contribution is 2.30. The zero-order valence-corrected chi connectivity index (χ0v) is 24.3. The number of urea groups is 1. The number of amides is 2. The fourth-order valence-corrected chi connectivity index (χ4v) is 4.72. The number of halogens is 5. The SMILES string of the molecule is CCOC(Cc1ccc(OCCN(CCCc2cc(Cl)cc(Cl)c2)C(=O)Nc2cccc(C(F)(F)F)c2)cc1)C(=O)O. The monoisotopic (exact) mass is 626 g/mol. The standard InChI is InChI=1S/C30H31Cl2F3N2O5/c1-2-41-27(28(38)39)17-20-8-10-26(11-9-20)42-14-13-37(12-4-5-21-15-23(31)19-24(32)16-21)29(40)36-25-7-3-6-22(18-25)30(33,34)35/h3,6-11,15-16,18-19,27H,2,4-5,12-14,17H2,1H3,(H,36,40)(H,38,39). The molecule has 0 fully saturated rings. The number of carboxylic acid groups (broad SMARTS) is 1. The van der Waals surface area contributed by atoms with Crippen LogP contribution in [0.1, 0.15) is 30.0 Å². The highest BCUT2D eigenvalue weighted by Gasteiger charge is 2.30. The first-order chi connectivity index (χ1) is 19.9. The molecule has 0 saturated carbocycles. The number of hydrogen-bond acceptors (Lipinski definition) is 4. The molecule has 2 N–H and O–H groups in total. The molecule has 0 bridgehead atoms. The molecule has 1 unspecified atom stereocenters. The predicted octanol–water partition coefficient (Wildman–Crippen LogP) is 7.59. The van der Waals surface area contributed by atoms with Crippen LogP contribution in [0.3, 0.4) is 0 Å². The Bertz CT molecular complexity index is 1320. The number of aryl methyl sites for hydroxylation is 1. The van der Waals surface area contributed by atoms with Gasteiger partial charge < -0.3 is 24.8 Å². The zero-order valence-electron chi connectivity index (χ0n) is 22.8. The lowest BCUT2D eigenvalue weighted by Crippen LogP contribution is -2.38. The highest BCUT2D eigenvalue weighted by molar-refractivity contribution is 6.34. The molecule has 0 aliphatic heterocycles. The van der Waals surface area contributed by atoms with Crippen LogP contribution >= 0.6 is 23.2 Å². The van der Waals surface area contributed by atoms with Crippen LogP contribution in [0.4, 0.5) is 23.7 Å². The van der Waals surface area contributed by atoms with Crippen molar-refractivity contribution in [1.82, 2.24) is 4.90 Å². The van der Waals surface area contributed by atoms with Crippen LogP contribution in [0.15, 0.2) is 66.7 Å². The van der Waals surface area contributed by atoms with Crippen molar-refractivity contribution in [2.75, 3.05) is 31.6 Å². The van der Waals surface area contributed by atoms with Crippen LogP contribution in [0.25, 0.3) is 0 Å². The third-order valence-corrected chi connectivity index (χ3v) is 6.60.